The Hall–Kier alpha value is -0.980. The lowest BCUT2D eigenvalue weighted by Gasteiger charge is -2.34. The van der Waals surface area contributed by atoms with Crippen molar-refractivity contribution in [1.82, 2.24) is 19.9 Å². The second-order valence-corrected chi connectivity index (χ2v) is 4.37. The number of morpholine rings is 1. The molecule has 1 unspecified atom stereocenters. The fourth-order valence-corrected chi connectivity index (χ4v) is 2.13. The van der Waals surface area contributed by atoms with Gasteiger partial charge in [0, 0.05) is 31.9 Å². The first-order valence-electron chi connectivity index (χ1n) is 6.24. The maximum Gasteiger partial charge on any atom is 0.0967 e. The van der Waals surface area contributed by atoms with Crippen LogP contribution in [0.4, 0.5) is 0 Å². The quantitative estimate of drug-likeness (QED) is 0.773. The molecule has 0 aliphatic carbocycles. The molecule has 1 aromatic rings. The summed E-state index contributed by atoms with van der Waals surface area (Å²) in [6, 6.07) is 0.503. The van der Waals surface area contributed by atoms with Crippen molar-refractivity contribution in [2.45, 2.75) is 32.5 Å². The van der Waals surface area contributed by atoms with Gasteiger partial charge in [-0.15, -0.1) is 5.10 Å². The average Bonchev–Trinajstić information content (AvgIpc) is 2.78. The molecule has 0 amide bonds. The highest BCUT2D eigenvalue weighted by Gasteiger charge is 2.22. The van der Waals surface area contributed by atoms with Gasteiger partial charge in [0.15, 0.2) is 0 Å². The number of nitrogens with zero attached hydrogens (tertiary/aromatic N) is 4. The molecular formula is C11H21N5O. The maximum atomic E-state index is 5.49. The van der Waals surface area contributed by atoms with Gasteiger partial charge >= 0.3 is 0 Å². The topological polar surface area (TPSA) is 69.2 Å². The van der Waals surface area contributed by atoms with Gasteiger partial charge in [0.2, 0.25) is 0 Å². The molecule has 1 aliphatic rings. The molecule has 1 saturated heterocycles. The normalized spacial score (nSPS) is 21.9. The van der Waals surface area contributed by atoms with E-state index in [1.165, 1.54) is 0 Å². The molecule has 0 aromatic carbocycles. The summed E-state index contributed by atoms with van der Waals surface area (Å²) >= 11 is 0. The first-order chi connectivity index (χ1) is 8.33. The van der Waals surface area contributed by atoms with Crippen LogP contribution < -0.4 is 5.73 Å². The summed E-state index contributed by atoms with van der Waals surface area (Å²) in [4.78, 5) is 2.42. The SMILES string of the molecule is CCC1COCCN1Cc1cn(CCN)nn1. The Morgan fingerprint density at radius 2 is 2.47 bits per heavy atom. The molecule has 1 fully saturated rings. The van der Waals surface area contributed by atoms with E-state index in [0.29, 0.717) is 12.6 Å². The van der Waals surface area contributed by atoms with E-state index in [-0.39, 0.29) is 0 Å². The molecule has 96 valence electrons. The molecule has 6 heteroatoms. The van der Waals surface area contributed by atoms with Crippen molar-refractivity contribution in [3.63, 3.8) is 0 Å². The fourth-order valence-electron chi connectivity index (χ4n) is 2.13. The van der Waals surface area contributed by atoms with Crippen molar-refractivity contribution in [1.29, 1.82) is 0 Å². The van der Waals surface area contributed by atoms with E-state index in [4.69, 9.17) is 10.5 Å². The van der Waals surface area contributed by atoms with Crippen LogP contribution in [0.1, 0.15) is 19.0 Å². The van der Waals surface area contributed by atoms with E-state index in [1.807, 2.05) is 6.20 Å². The van der Waals surface area contributed by atoms with Gasteiger partial charge < -0.3 is 10.5 Å². The molecule has 1 atom stereocenters. The predicted molar refractivity (Wildman–Crippen MR) is 64.4 cm³/mol. The number of rotatable bonds is 5. The lowest BCUT2D eigenvalue weighted by atomic mass is 10.1. The van der Waals surface area contributed by atoms with Crippen LogP contribution in [0.25, 0.3) is 0 Å². The first-order valence-corrected chi connectivity index (χ1v) is 6.24. The van der Waals surface area contributed by atoms with Crippen LogP contribution in [0.3, 0.4) is 0 Å². The molecule has 6 nitrogen and oxygen atoms in total. The number of hydrogen-bond acceptors (Lipinski definition) is 5. The third kappa shape index (κ3) is 3.24. The van der Waals surface area contributed by atoms with Crippen LogP contribution in [0.15, 0.2) is 6.20 Å². The Bertz CT molecular complexity index is 340. The first kappa shape index (κ1) is 12.5. The lowest BCUT2D eigenvalue weighted by molar-refractivity contribution is -0.0132. The zero-order valence-corrected chi connectivity index (χ0v) is 10.4. The largest absolute Gasteiger partial charge is 0.378 e. The van der Waals surface area contributed by atoms with Crippen molar-refractivity contribution in [2.75, 3.05) is 26.3 Å². The Morgan fingerprint density at radius 3 is 3.24 bits per heavy atom. The summed E-state index contributed by atoms with van der Waals surface area (Å²) in [5, 5.41) is 8.22. The van der Waals surface area contributed by atoms with Crippen molar-refractivity contribution in [3.8, 4) is 0 Å². The van der Waals surface area contributed by atoms with Crippen molar-refractivity contribution < 1.29 is 4.74 Å². The molecule has 2 N–H and O–H groups in total. The summed E-state index contributed by atoms with van der Waals surface area (Å²) in [5.41, 5.74) is 6.49. The second-order valence-electron chi connectivity index (χ2n) is 4.37. The predicted octanol–water partition coefficient (Wildman–Crippen LogP) is -0.152. The molecule has 2 rings (SSSR count). The van der Waals surface area contributed by atoms with Gasteiger partial charge in [-0.2, -0.15) is 0 Å². The Morgan fingerprint density at radius 1 is 1.59 bits per heavy atom. The summed E-state index contributed by atoms with van der Waals surface area (Å²) in [6.45, 7) is 6.98. The van der Waals surface area contributed by atoms with Gasteiger partial charge in [-0.1, -0.05) is 12.1 Å². The molecule has 0 bridgehead atoms. The van der Waals surface area contributed by atoms with Crippen LogP contribution in [0.2, 0.25) is 0 Å². The molecular weight excluding hydrogens is 218 g/mol. The molecule has 0 spiro atoms. The minimum Gasteiger partial charge on any atom is -0.378 e. The van der Waals surface area contributed by atoms with Crippen LogP contribution in [0, 0.1) is 0 Å². The standard InChI is InChI=1S/C11H21N5O/c1-2-11-9-17-6-5-15(11)7-10-8-16(4-3-12)14-13-10/h8,11H,2-7,9,12H2,1H3. The minimum atomic E-state index is 0.503. The van der Waals surface area contributed by atoms with Crippen molar-refractivity contribution in [3.05, 3.63) is 11.9 Å². The Kier molecular flexibility index (Phi) is 4.47. The van der Waals surface area contributed by atoms with Crippen molar-refractivity contribution in [2.24, 2.45) is 5.73 Å². The van der Waals surface area contributed by atoms with E-state index in [2.05, 4.69) is 22.1 Å². The van der Waals surface area contributed by atoms with Gasteiger partial charge in [0.25, 0.3) is 0 Å². The summed E-state index contributed by atoms with van der Waals surface area (Å²) < 4.78 is 7.29. The van der Waals surface area contributed by atoms with Crippen LogP contribution in [-0.4, -0.2) is 52.2 Å². The van der Waals surface area contributed by atoms with Crippen LogP contribution in [0.5, 0.6) is 0 Å². The Labute approximate surface area is 102 Å². The highest BCUT2D eigenvalue weighted by Crippen LogP contribution is 2.13. The van der Waals surface area contributed by atoms with Gasteiger partial charge in [-0.05, 0) is 6.42 Å². The molecule has 1 aliphatic heterocycles. The average molecular weight is 239 g/mol. The van der Waals surface area contributed by atoms with Crippen LogP contribution in [-0.2, 0) is 17.8 Å². The smallest absolute Gasteiger partial charge is 0.0967 e. The lowest BCUT2D eigenvalue weighted by Crippen LogP contribution is -2.44. The molecule has 0 saturated carbocycles. The number of ether oxygens (including phenoxy) is 1. The van der Waals surface area contributed by atoms with Gasteiger partial charge in [0.05, 0.1) is 25.5 Å². The number of aromatic nitrogens is 3. The van der Waals surface area contributed by atoms with Crippen molar-refractivity contribution >= 4 is 0 Å². The zero-order chi connectivity index (χ0) is 12.1. The van der Waals surface area contributed by atoms with Gasteiger partial charge in [-0.25, -0.2) is 0 Å². The minimum absolute atomic E-state index is 0.503. The monoisotopic (exact) mass is 239 g/mol. The molecule has 17 heavy (non-hydrogen) atoms. The fraction of sp³-hybridized carbons (Fsp3) is 0.818. The highest BCUT2D eigenvalue weighted by molar-refractivity contribution is 4.93. The second kappa shape index (κ2) is 6.09. The molecule has 2 heterocycles. The van der Waals surface area contributed by atoms with Gasteiger partial charge in [-0.3, -0.25) is 9.58 Å². The summed E-state index contributed by atoms with van der Waals surface area (Å²) in [5.74, 6) is 0. The highest BCUT2D eigenvalue weighted by atomic mass is 16.5. The maximum absolute atomic E-state index is 5.49. The van der Waals surface area contributed by atoms with E-state index in [0.717, 1.165) is 45.0 Å². The molecule has 1 aromatic heterocycles. The van der Waals surface area contributed by atoms with Gasteiger partial charge in [0.1, 0.15) is 0 Å². The number of nitrogens with two attached hydrogens (primary N) is 1. The summed E-state index contributed by atoms with van der Waals surface area (Å²) in [7, 11) is 0. The van der Waals surface area contributed by atoms with E-state index in [9.17, 15) is 0 Å². The summed E-state index contributed by atoms with van der Waals surface area (Å²) in [6.07, 6.45) is 3.09. The number of hydrogen-bond donors (Lipinski definition) is 1. The third-order valence-corrected chi connectivity index (χ3v) is 3.13. The third-order valence-electron chi connectivity index (χ3n) is 3.13. The van der Waals surface area contributed by atoms with Crippen LogP contribution >= 0.6 is 0 Å². The van der Waals surface area contributed by atoms with E-state index in [1.54, 1.807) is 4.68 Å². The Balaban J connectivity index is 1.93. The zero-order valence-electron chi connectivity index (χ0n) is 10.4. The molecule has 0 radical (unpaired) electrons. The van der Waals surface area contributed by atoms with E-state index < -0.39 is 0 Å². The van der Waals surface area contributed by atoms with E-state index >= 15 is 0 Å².